The van der Waals surface area contributed by atoms with Crippen LogP contribution in [0, 0.1) is 26.6 Å². The Balaban J connectivity index is 1.61. The summed E-state index contributed by atoms with van der Waals surface area (Å²) >= 11 is 0. The molecule has 3 heterocycles. The Bertz CT molecular complexity index is 1660. The van der Waals surface area contributed by atoms with Gasteiger partial charge >= 0.3 is 6.03 Å². The molecule has 2 amide bonds. The SMILES string of the molecule is Cc1ccc2cc1CCC(=O)C(Nc1cc3c(=O)[nH]cnc3cc1F)c1cc(C)c(c(C)c1)CN(C)C(=O)N2. The van der Waals surface area contributed by atoms with Gasteiger partial charge in [0.05, 0.1) is 22.9 Å². The number of halogens is 1. The number of nitrogens with one attached hydrogen (secondary N) is 3. The molecule has 9 heteroatoms. The molecule has 1 unspecified atom stereocenters. The Labute approximate surface area is 225 Å². The molecule has 0 saturated heterocycles. The van der Waals surface area contributed by atoms with E-state index in [1.165, 1.54) is 18.5 Å². The Kier molecular flexibility index (Phi) is 6.91. The smallest absolute Gasteiger partial charge is 0.321 e. The van der Waals surface area contributed by atoms with Crippen LogP contribution in [0.5, 0.6) is 0 Å². The second-order valence-electron chi connectivity index (χ2n) is 10.2. The molecular formula is C30H30FN5O3. The van der Waals surface area contributed by atoms with Gasteiger partial charge in [0, 0.05) is 31.8 Å². The molecule has 1 aromatic heterocycles. The number of benzene rings is 3. The minimum absolute atomic E-state index is 0.0457. The number of rotatable bonds is 2. The number of H-pyrrole nitrogens is 1. The van der Waals surface area contributed by atoms with Crippen molar-refractivity contribution in [1.29, 1.82) is 0 Å². The van der Waals surface area contributed by atoms with E-state index in [-0.39, 0.29) is 34.8 Å². The number of Topliss-reactive ketones (excluding diaryl/α,β-unsaturated/α-hetero) is 1. The third-order valence-electron chi connectivity index (χ3n) is 7.39. The molecule has 6 rings (SSSR count). The van der Waals surface area contributed by atoms with Gasteiger partial charge in [-0.3, -0.25) is 9.59 Å². The normalized spacial score (nSPS) is 16.1. The molecule has 0 saturated carbocycles. The van der Waals surface area contributed by atoms with Gasteiger partial charge < -0.3 is 20.5 Å². The number of amides is 2. The Morgan fingerprint density at radius 2 is 1.72 bits per heavy atom. The molecule has 0 fully saturated rings. The Morgan fingerprint density at radius 1 is 0.974 bits per heavy atom. The number of aromatic nitrogens is 2. The van der Waals surface area contributed by atoms with Gasteiger partial charge in [0.2, 0.25) is 0 Å². The standard InChI is InChI=1S/C30H30FN5O3/c1-16-5-7-21-11-19(16)6-8-27(37)28(35-26-12-22-25(13-24(26)31)32-15-33-29(22)38)20-9-17(2)23(18(3)10-20)14-36(4)30(39)34-21/h5,7,9-13,15,28,35H,6,8,14H2,1-4H3,(H,34,39)(H,32,33,38). The molecule has 0 radical (unpaired) electrons. The van der Waals surface area contributed by atoms with Gasteiger partial charge in [0.25, 0.3) is 5.56 Å². The lowest BCUT2D eigenvalue weighted by atomic mass is 9.91. The van der Waals surface area contributed by atoms with E-state index in [0.29, 0.717) is 24.2 Å². The molecular weight excluding hydrogens is 497 g/mol. The summed E-state index contributed by atoms with van der Waals surface area (Å²) in [6.07, 6.45) is 1.86. The first-order chi connectivity index (χ1) is 18.6. The van der Waals surface area contributed by atoms with Gasteiger partial charge in [-0.15, -0.1) is 0 Å². The summed E-state index contributed by atoms with van der Waals surface area (Å²) in [5.41, 5.74) is 5.96. The molecule has 3 aromatic carbocycles. The molecule has 0 aliphatic carbocycles. The molecule has 0 spiro atoms. The van der Waals surface area contributed by atoms with Gasteiger partial charge in [-0.25, -0.2) is 14.2 Å². The molecule has 200 valence electrons. The maximum Gasteiger partial charge on any atom is 0.321 e. The van der Waals surface area contributed by atoms with Crippen molar-refractivity contribution in [2.24, 2.45) is 0 Å². The number of fused-ring (bicyclic) bond motifs is 9. The van der Waals surface area contributed by atoms with Crippen molar-refractivity contribution >= 4 is 34.1 Å². The van der Waals surface area contributed by atoms with Crippen LogP contribution in [0.15, 0.2) is 53.6 Å². The van der Waals surface area contributed by atoms with E-state index in [9.17, 15) is 14.4 Å². The number of nitrogens with zero attached hydrogens (tertiary/aromatic N) is 2. The molecule has 2 aliphatic rings. The first kappa shape index (κ1) is 26.1. The van der Waals surface area contributed by atoms with E-state index in [2.05, 4.69) is 20.6 Å². The van der Waals surface area contributed by atoms with Crippen molar-refractivity contribution in [3.63, 3.8) is 0 Å². The van der Waals surface area contributed by atoms with E-state index in [4.69, 9.17) is 0 Å². The number of hydrogen-bond acceptors (Lipinski definition) is 5. The summed E-state index contributed by atoms with van der Waals surface area (Å²) in [6.45, 7) is 6.21. The minimum atomic E-state index is -0.856. The molecule has 8 nitrogen and oxygen atoms in total. The zero-order valence-electron chi connectivity index (χ0n) is 22.3. The number of ketones is 1. The number of anilines is 2. The van der Waals surface area contributed by atoms with Crippen LogP contribution in [0.2, 0.25) is 0 Å². The quantitative estimate of drug-likeness (QED) is 0.327. The van der Waals surface area contributed by atoms with Crippen LogP contribution in [-0.4, -0.2) is 33.7 Å². The summed E-state index contributed by atoms with van der Waals surface area (Å²) in [5, 5.41) is 6.27. The van der Waals surface area contributed by atoms with Crippen LogP contribution in [-0.2, 0) is 17.8 Å². The fraction of sp³-hybridized carbons (Fsp3) is 0.267. The van der Waals surface area contributed by atoms with Crippen molar-refractivity contribution < 1.29 is 14.0 Å². The fourth-order valence-corrected chi connectivity index (χ4v) is 5.10. The third-order valence-corrected chi connectivity index (χ3v) is 7.39. The first-order valence-corrected chi connectivity index (χ1v) is 12.8. The van der Waals surface area contributed by atoms with Crippen molar-refractivity contribution in [3.8, 4) is 0 Å². The van der Waals surface area contributed by atoms with E-state index < -0.39 is 17.4 Å². The van der Waals surface area contributed by atoms with Crippen molar-refractivity contribution in [2.45, 2.75) is 46.2 Å². The van der Waals surface area contributed by atoms with Crippen molar-refractivity contribution in [3.05, 3.63) is 98.3 Å². The number of urea groups is 1. The maximum absolute atomic E-state index is 15.2. The van der Waals surface area contributed by atoms with E-state index in [1.807, 2.05) is 51.1 Å². The lowest BCUT2D eigenvalue weighted by Crippen LogP contribution is -2.31. The number of aromatic amines is 1. The zero-order chi connectivity index (χ0) is 27.8. The van der Waals surface area contributed by atoms with Crippen LogP contribution in [0.1, 0.15) is 45.8 Å². The highest BCUT2D eigenvalue weighted by Crippen LogP contribution is 2.30. The minimum Gasteiger partial charge on any atom is -0.369 e. The Morgan fingerprint density at radius 3 is 2.46 bits per heavy atom. The monoisotopic (exact) mass is 527 g/mol. The van der Waals surface area contributed by atoms with Crippen LogP contribution in [0.3, 0.4) is 0 Å². The topological polar surface area (TPSA) is 107 Å². The van der Waals surface area contributed by atoms with Crippen molar-refractivity contribution in [2.75, 3.05) is 17.7 Å². The summed E-state index contributed by atoms with van der Waals surface area (Å²) < 4.78 is 15.2. The van der Waals surface area contributed by atoms with Gasteiger partial charge in [-0.2, -0.15) is 0 Å². The lowest BCUT2D eigenvalue weighted by molar-refractivity contribution is -0.119. The van der Waals surface area contributed by atoms with Gasteiger partial charge in [0.15, 0.2) is 5.78 Å². The van der Waals surface area contributed by atoms with Gasteiger partial charge in [0.1, 0.15) is 11.9 Å². The zero-order valence-corrected chi connectivity index (χ0v) is 22.3. The number of aryl methyl sites for hydroxylation is 4. The predicted molar refractivity (Wildman–Crippen MR) is 150 cm³/mol. The summed E-state index contributed by atoms with van der Waals surface area (Å²) in [5.74, 6) is -0.730. The third kappa shape index (κ3) is 5.25. The van der Waals surface area contributed by atoms with E-state index in [1.54, 1.807) is 11.9 Å². The predicted octanol–water partition coefficient (Wildman–Crippen LogP) is 5.32. The first-order valence-electron chi connectivity index (χ1n) is 12.8. The maximum atomic E-state index is 15.2. The van der Waals surface area contributed by atoms with Crippen LogP contribution in [0.4, 0.5) is 20.6 Å². The van der Waals surface area contributed by atoms with E-state index in [0.717, 1.165) is 27.8 Å². The molecule has 1 atom stereocenters. The number of carbonyl (C=O) groups is 2. The average molecular weight is 528 g/mol. The highest BCUT2D eigenvalue weighted by atomic mass is 19.1. The van der Waals surface area contributed by atoms with Crippen LogP contribution in [0.25, 0.3) is 10.9 Å². The molecule has 4 bridgehead atoms. The highest BCUT2D eigenvalue weighted by Gasteiger charge is 2.25. The number of carbonyl (C=O) groups excluding carboxylic acids is 2. The second-order valence-corrected chi connectivity index (χ2v) is 10.2. The molecule has 3 N–H and O–H groups in total. The summed E-state index contributed by atoms with van der Waals surface area (Å²) in [4.78, 5) is 47.2. The Hall–Kier alpha value is -4.53. The molecule has 4 aromatic rings. The van der Waals surface area contributed by atoms with Crippen LogP contribution < -0.4 is 16.2 Å². The number of hydrogen-bond donors (Lipinski definition) is 3. The highest BCUT2D eigenvalue weighted by molar-refractivity contribution is 5.91. The van der Waals surface area contributed by atoms with Crippen LogP contribution >= 0.6 is 0 Å². The van der Waals surface area contributed by atoms with Gasteiger partial charge in [-0.1, -0.05) is 18.2 Å². The summed E-state index contributed by atoms with van der Waals surface area (Å²) in [7, 11) is 1.74. The fourth-order valence-electron chi connectivity index (χ4n) is 5.10. The van der Waals surface area contributed by atoms with Gasteiger partial charge in [-0.05, 0) is 78.8 Å². The second kappa shape index (κ2) is 10.3. The van der Waals surface area contributed by atoms with E-state index >= 15 is 4.39 Å². The summed E-state index contributed by atoms with van der Waals surface area (Å²) in [6, 6.07) is 11.0. The lowest BCUT2D eigenvalue weighted by Gasteiger charge is -2.24. The van der Waals surface area contributed by atoms with Crippen molar-refractivity contribution in [1.82, 2.24) is 14.9 Å². The average Bonchev–Trinajstić information content (AvgIpc) is 2.89. The molecule has 2 aliphatic heterocycles. The molecule has 39 heavy (non-hydrogen) atoms. The largest absolute Gasteiger partial charge is 0.369 e.